The maximum atomic E-state index is 12.9. The summed E-state index contributed by atoms with van der Waals surface area (Å²) in [4.78, 5) is 15.5. The number of sulfonamides is 1. The van der Waals surface area contributed by atoms with Gasteiger partial charge in [0.25, 0.3) is 5.91 Å². The lowest BCUT2D eigenvalue weighted by molar-refractivity contribution is 0.0935. The van der Waals surface area contributed by atoms with Gasteiger partial charge in [-0.3, -0.25) is 9.69 Å². The smallest absolute Gasteiger partial charge is 0.251 e. The number of hydrogen-bond acceptors (Lipinski definition) is 5. The first-order valence-corrected chi connectivity index (χ1v) is 14.1. The predicted octanol–water partition coefficient (Wildman–Crippen LogP) is 4.39. The number of benzene rings is 3. The first-order chi connectivity index (χ1) is 17.8. The van der Waals surface area contributed by atoms with Crippen molar-refractivity contribution in [3.63, 3.8) is 0 Å². The highest BCUT2D eigenvalue weighted by Gasteiger charge is 2.28. The Kier molecular flexibility index (Phi) is 8.63. The standard InChI is InChI=1S/C29H35N3O4S/c1-4-27(25-14-15-28(36-3)22(2)20-25)30-29(33)24-12-10-23(11-13-24)21-31-16-18-32(19-17-31)37(34,35)26-8-6-5-7-9-26/h5-15,20,27H,4,16-19,21H2,1-3H3,(H,30,33). The SMILES string of the molecule is CCC(NC(=O)c1ccc(CN2CCN(S(=O)(=O)c3ccccc3)CC2)cc1)c1ccc(OC)c(C)c1. The van der Waals surface area contributed by atoms with Gasteiger partial charge in [0.1, 0.15) is 5.75 Å². The number of carbonyl (C=O) groups excluding carboxylic acids is 1. The lowest BCUT2D eigenvalue weighted by atomic mass is 10.0. The minimum atomic E-state index is -3.46. The third-order valence-corrected chi connectivity index (χ3v) is 8.78. The lowest BCUT2D eigenvalue weighted by Crippen LogP contribution is -2.48. The van der Waals surface area contributed by atoms with E-state index in [-0.39, 0.29) is 11.9 Å². The van der Waals surface area contributed by atoms with Crippen molar-refractivity contribution in [3.05, 3.63) is 95.1 Å². The van der Waals surface area contributed by atoms with Gasteiger partial charge in [-0.15, -0.1) is 0 Å². The fraction of sp³-hybridized carbons (Fsp3) is 0.345. The monoisotopic (exact) mass is 521 g/mol. The molecule has 1 fully saturated rings. The minimum absolute atomic E-state index is 0.0831. The third kappa shape index (κ3) is 6.39. The Labute approximate surface area is 220 Å². The molecule has 37 heavy (non-hydrogen) atoms. The van der Waals surface area contributed by atoms with Gasteiger partial charge in [-0.2, -0.15) is 4.31 Å². The Morgan fingerprint density at radius 2 is 1.65 bits per heavy atom. The van der Waals surface area contributed by atoms with Crippen LogP contribution in [0.1, 0.15) is 46.4 Å². The largest absolute Gasteiger partial charge is 0.496 e. The van der Waals surface area contributed by atoms with E-state index in [4.69, 9.17) is 4.74 Å². The van der Waals surface area contributed by atoms with Crippen molar-refractivity contribution >= 4 is 15.9 Å². The highest BCUT2D eigenvalue weighted by Crippen LogP contribution is 2.25. The van der Waals surface area contributed by atoms with Gasteiger partial charge in [-0.05, 0) is 60.4 Å². The van der Waals surface area contributed by atoms with Gasteiger partial charge in [0.2, 0.25) is 10.0 Å². The molecule has 0 saturated carbocycles. The highest BCUT2D eigenvalue weighted by atomic mass is 32.2. The summed E-state index contributed by atoms with van der Waals surface area (Å²) in [6.45, 7) is 7.00. The van der Waals surface area contributed by atoms with Gasteiger partial charge in [-0.25, -0.2) is 8.42 Å². The molecular weight excluding hydrogens is 486 g/mol. The molecule has 1 aliphatic heterocycles. The summed E-state index contributed by atoms with van der Waals surface area (Å²) < 4.78 is 32.6. The van der Waals surface area contributed by atoms with Crippen molar-refractivity contribution in [2.75, 3.05) is 33.3 Å². The average molecular weight is 522 g/mol. The summed E-state index contributed by atoms with van der Waals surface area (Å²) in [5.74, 6) is 0.728. The van der Waals surface area contributed by atoms with E-state index in [0.717, 1.165) is 28.9 Å². The zero-order valence-corrected chi connectivity index (χ0v) is 22.5. The molecule has 3 aromatic rings. The Morgan fingerprint density at radius 1 is 0.973 bits per heavy atom. The molecule has 0 aliphatic carbocycles. The van der Waals surface area contributed by atoms with Gasteiger partial charge in [-0.1, -0.05) is 49.4 Å². The number of ether oxygens (including phenoxy) is 1. The molecule has 1 heterocycles. The van der Waals surface area contributed by atoms with Gasteiger partial charge < -0.3 is 10.1 Å². The second-order valence-corrected chi connectivity index (χ2v) is 11.3. The molecule has 1 N–H and O–H groups in total. The van der Waals surface area contributed by atoms with Crippen molar-refractivity contribution in [1.29, 1.82) is 0 Å². The molecular formula is C29H35N3O4S. The number of aryl methyl sites for hydroxylation is 1. The molecule has 0 spiro atoms. The summed E-state index contributed by atoms with van der Waals surface area (Å²) in [6, 6.07) is 22.1. The van der Waals surface area contributed by atoms with Crippen LogP contribution in [-0.4, -0.2) is 56.8 Å². The molecule has 1 aliphatic rings. The predicted molar refractivity (Wildman–Crippen MR) is 145 cm³/mol. The molecule has 3 aromatic carbocycles. The van der Waals surface area contributed by atoms with Gasteiger partial charge >= 0.3 is 0 Å². The van der Waals surface area contributed by atoms with Crippen LogP contribution in [0, 0.1) is 6.92 Å². The quantitative estimate of drug-likeness (QED) is 0.452. The maximum absolute atomic E-state index is 12.9. The zero-order chi connectivity index (χ0) is 26.4. The van der Waals surface area contributed by atoms with Crippen LogP contribution in [-0.2, 0) is 16.6 Å². The molecule has 1 atom stereocenters. The summed E-state index contributed by atoms with van der Waals surface area (Å²) in [6.07, 6.45) is 0.779. The van der Waals surface area contributed by atoms with Crippen LogP contribution >= 0.6 is 0 Å². The summed E-state index contributed by atoms with van der Waals surface area (Å²) in [5.41, 5.74) is 3.80. The molecule has 0 bridgehead atoms. The van der Waals surface area contributed by atoms with Crippen molar-refractivity contribution in [1.82, 2.24) is 14.5 Å². The molecule has 1 amide bonds. The summed E-state index contributed by atoms with van der Waals surface area (Å²) >= 11 is 0. The van der Waals surface area contributed by atoms with Crippen molar-refractivity contribution in [3.8, 4) is 5.75 Å². The average Bonchev–Trinajstić information content (AvgIpc) is 2.92. The van der Waals surface area contributed by atoms with Crippen LogP contribution in [0.15, 0.2) is 77.7 Å². The van der Waals surface area contributed by atoms with E-state index in [2.05, 4.69) is 23.2 Å². The number of rotatable bonds is 9. The molecule has 1 unspecified atom stereocenters. The van der Waals surface area contributed by atoms with Gasteiger partial charge in [0, 0.05) is 38.3 Å². The summed E-state index contributed by atoms with van der Waals surface area (Å²) in [7, 11) is -1.80. The van der Waals surface area contributed by atoms with E-state index >= 15 is 0 Å². The van der Waals surface area contributed by atoms with E-state index in [1.165, 1.54) is 0 Å². The van der Waals surface area contributed by atoms with Crippen LogP contribution < -0.4 is 10.1 Å². The van der Waals surface area contributed by atoms with Crippen molar-refractivity contribution < 1.29 is 17.9 Å². The normalized spacial score (nSPS) is 15.8. The molecule has 1 saturated heterocycles. The number of hydrogen-bond donors (Lipinski definition) is 1. The second-order valence-electron chi connectivity index (χ2n) is 9.35. The third-order valence-electron chi connectivity index (χ3n) is 6.87. The highest BCUT2D eigenvalue weighted by molar-refractivity contribution is 7.89. The van der Waals surface area contributed by atoms with Crippen LogP contribution in [0.2, 0.25) is 0 Å². The van der Waals surface area contributed by atoms with Crippen LogP contribution in [0.4, 0.5) is 0 Å². The van der Waals surface area contributed by atoms with Crippen LogP contribution in [0.25, 0.3) is 0 Å². The van der Waals surface area contributed by atoms with Crippen molar-refractivity contribution in [2.24, 2.45) is 0 Å². The van der Waals surface area contributed by atoms with E-state index < -0.39 is 10.0 Å². The maximum Gasteiger partial charge on any atom is 0.251 e. The molecule has 196 valence electrons. The lowest BCUT2D eigenvalue weighted by Gasteiger charge is -2.34. The van der Waals surface area contributed by atoms with E-state index in [9.17, 15) is 13.2 Å². The Morgan fingerprint density at radius 3 is 2.24 bits per heavy atom. The van der Waals surface area contributed by atoms with E-state index in [0.29, 0.717) is 43.2 Å². The van der Waals surface area contributed by atoms with Gasteiger partial charge in [0.05, 0.1) is 18.0 Å². The molecule has 8 heteroatoms. The Bertz CT molecular complexity index is 1300. The van der Waals surface area contributed by atoms with Gasteiger partial charge in [0.15, 0.2) is 0 Å². The summed E-state index contributed by atoms with van der Waals surface area (Å²) in [5, 5.41) is 3.14. The van der Waals surface area contributed by atoms with Crippen LogP contribution in [0.5, 0.6) is 5.75 Å². The molecule has 0 radical (unpaired) electrons. The fourth-order valence-electron chi connectivity index (χ4n) is 4.67. The topological polar surface area (TPSA) is 79.0 Å². The number of methoxy groups -OCH3 is 1. The minimum Gasteiger partial charge on any atom is -0.496 e. The number of piperazine rings is 1. The molecule has 0 aromatic heterocycles. The zero-order valence-electron chi connectivity index (χ0n) is 21.7. The Hall–Kier alpha value is -3.20. The second kappa shape index (κ2) is 11.9. The van der Waals surface area contributed by atoms with Crippen LogP contribution in [0.3, 0.4) is 0 Å². The molecule has 4 rings (SSSR count). The van der Waals surface area contributed by atoms with E-state index in [1.807, 2.05) is 49.4 Å². The fourth-order valence-corrected chi connectivity index (χ4v) is 6.11. The van der Waals surface area contributed by atoms with Crippen molar-refractivity contribution in [2.45, 2.75) is 37.8 Å². The first kappa shape index (κ1) is 26.9. The number of amides is 1. The number of nitrogens with one attached hydrogen (secondary N) is 1. The van der Waals surface area contributed by atoms with E-state index in [1.54, 1.807) is 35.7 Å². The first-order valence-electron chi connectivity index (χ1n) is 12.6. The molecule has 7 nitrogen and oxygen atoms in total. The number of nitrogens with zero attached hydrogens (tertiary/aromatic N) is 2. The Balaban J connectivity index is 1.32. The number of carbonyl (C=O) groups is 1.